The molecule has 0 spiro atoms. The van der Waals surface area contributed by atoms with Gasteiger partial charge in [-0.2, -0.15) is 0 Å². The van der Waals surface area contributed by atoms with E-state index in [-0.39, 0.29) is 18.1 Å². The van der Waals surface area contributed by atoms with Crippen LogP contribution in [0.3, 0.4) is 0 Å². The van der Waals surface area contributed by atoms with Crippen molar-refractivity contribution in [2.45, 2.75) is 71.3 Å². The minimum absolute atomic E-state index is 0.0632. The monoisotopic (exact) mass is 279 g/mol. The lowest BCUT2D eigenvalue weighted by Gasteiger charge is -2.60. The summed E-state index contributed by atoms with van der Waals surface area (Å²) in [6.45, 7) is 4.69. The van der Waals surface area contributed by atoms with Crippen LogP contribution >= 0.6 is 0 Å². The van der Waals surface area contributed by atoms with Crippen LogP contribution in [0.2, 0.25) is 0 Å². The molecule has 0 aromatic carbocycles. The van der Waals surface area contributed by atoms with Crippen LogP contribution in [0.1, 0.15) is 65.2 Å². The SMILES string of the molecule is CC(CCCO)NC(=O)C12CC3CC(CC(C)(C3)C1)C2. The molecule has 3 unspecified atom stereocenters. The predicted octanol–water partition coefficient (Wildman–Crippen LogP) is 2.87. The zero-order valence-electron chi connectivity index (χ0n) is 13.0. The van der Waals surface area contributed by atoms with Gasteiger partial charge in [-0.3, -0.25) is 4.79 Å². The largest absolute Gasteiger partial charge is 0.396 e. The average molecular weight is 279 g/mol. The molecule has 3 heteroatoms. The summed E-state index contributed by atoms with van der Waals surface area (Å²) in [5.74, 6) is 1.89. The number of aliphatic hydroxyl groups is 1. The zero-order valence-corrected chi connectivity index (χ0v) is 13.0. The molecule has 1 amide bonds. The van der Waals surface area contributed by atoms with Crippen molar-refractivity contribution in [3.8, 4) is 0 Å². The number of nitrogens with one attached hydrogen (secondary N) is 1. The van der Waals surface area contributed by atoms with E-state index in [1.807, 2.05) is 0 Å². The fourth-order valence-corrected chi connectivity index (χ4v) is 5.83. The number of hydrogen-bond donors (Lipinski definition) is 2. The predicted molar refractivity (Wildman–Crippen MR) is 79.1 cm³/mol. The molecule has 4 rings (SSSR count). The first-order chi connectivity index (χ1) is 9.45. The Balaban J connectivity index is 1.68. The topological polar surface area (TPSA) is 49.3 Å². The van der Waals surface area contributed by atoms with E-state index in [1.165, 1.54) is 19.3 Å². The molecule has 114 valence electrons. The van der Waals surface area contributed by atoms with Crippen LogP contribution in [0, 0.1) is 22.7 Å². The first kappa shape index (κ1) is 14.4. The van der Waals surface area contributed by atoms with Crippen molar-refractivity contribution in [3.05, 3.63) is 0 Å². The van der Waals surface area contributed by atoms with Crippen molar-refractivity contribution in [1.82, 2.24) is 5.32 Å². The van der Waals surface area contributed by atoms with Crippen LogP contribution in [0.15, 0.2) is 0 Å². The Morgan fingerprint density at radius 1 is 1.30 bits per heavy atom. The molecule has 0 aromatic heterocycles. The first-order valence-electron chi connectivity index (χ1n) is 8.37. The second kappa shape index (κ2) is 5.01. The maximum atomic E-state index is 12.8. The highest BCUT2D eigenvalue weighted by atomic mass is 16.3. The Morgan fingerprint density at radius 3 is 2.50 bits per heavy atom. The summed E-state index contributed by atoms with van der Waals surface area (Å²) in [5, 5.41) is 12.1. The summed E-state index contributed by atoms with van der Waals surface area (Å²) >= 11 is 0. The van der Waals surface area contributed by atoms with E-state index in [0.29, 0.717) is 11.3 Å². The first-order valence-corrected chi connectivity index (χ1v) is 8.37. The Hall–Kier alpha value is -0.570. The third-order valence-corrected chi connectivity index (χ3v) is 6.01. The van der Waals surface area contributed by atoms with Crippen molar-refractivity contribution in [2.75, 3.05) is 6.61 Å². The van der Waals surface area contributed by atoms with Crippen molar-refractivity contribution in [1.29, 1.82) is 0 Å². The molecule has 0 aliphatic heterocycles. The summed E-state index contributed by atoms with van der Waals surface area (Å²) in [6, 6.07) is 0.190. The van der Waals surface area contributed by atoms with E-state index in [9.17, 15) is 4.79 Å². The molecule has 2 N–H and O–H groups in total. The number of carbonyl (C=O) groups excluding carboxylic acids is 1. The van der Waals surface area contributed by atoms with E-state index >= 15 is 0 Å². The smallest absolute Gasteiger partial charge is 0.226 e. The van der Waals surface area contributed by atoms with Crippen LogP contribution in [-0.4, -0.2) is 23.7 Å². The minimum atomic E-state index is -0.0632. The van der Waals surface area contributed by atoms with Gasteiger partial charge < -0.3 is 10.4 Å². The van der Waals surface area contributed by atoms with Crippen LogP contribution < -0.4 is 5.32 Å². The molecule has 0 heterocycles. The lowest BCUT2D eigenvalue weighted by atomic mass is 9.44. The van der Waals surface area contributed by atoms with Crippen molar-refractivity contribution >= 4 is 5.91 Å². The number of aliphatic hydroxyl groups excluding tert-OH is 1. The summed E-state index contributed by atoms with van der Waals surface area (Å²) in [5.41, 5.74) is 0.363. The molecular weight excluding hydrogens is 250 g/mol. The van der Waals surface area contributed by atoms with Crippen LogP contribution in [-0.2, 0) is 4.79 Å². The third kappa shape index (κ3) is 2.49. The van der Waals surface area contributed by atoms with Crippen LogP contribution in [0.25, 0.3) is 0 Å². The van der Waals surface area contributed by atoms with Gasteiger partial charge in [-0.1, -0.05) is 6.92 Å². The van der Waals surface area contributed by atoms with E-state index in [2.05, 4.69) is 19.2 Å². The Kier molecular flexibility index (Phi) is 3.60. The highest BCUT2D eigenvalue weighted by Crippen LogP contribution is 2.65. The summed E-state index contributed by atoms with van der Waals surface area (Å²) in [6.07, 6.45) is 9.06. The number of hydrogen-bond acceptors (Lipinski definition) is 2. The quantitative estimate of drug-likeness (QED) is 0.813. The molecule has 0 aromatic rings. The summed E-state index contributed by atoms with van der Waals surface area (Å²) < 4.78 is 0. The van der Waals surface area contributed by atoms with Gasteiger partial charge in [0.05, 0.1) is 5.41 Å². The fraction of sp³-hybridized carbons (Fsp3) is 0.941. The number of amides is 1. The molecule has 3 atom stereocenters. The highest BCUT2D eigenvalue weighted by molar-refractivity contribution is 5.83. The van der Waals surface area contributed by atoms with Crippen molar-refractivity contribution < 1.29 is 9.90 Å². The summed E-state index contributed by atoms with van der Waals surface area (Å²) in [7, 11) is 0. The molecule has 4 saturated carbocycles. The number of rotatable bonds is 5. The van der Waals surface area contributed by atoms with Gasteiger partial charge >= 0.3 is 0 Å². The second-order valence-corrected chi connectivity index (χ2v) is 8.29. The highest BCUT2D eigenvalue weighted by Gasteiger charge is 2.58. The average Bonchev–Trinajstić information content (AvgIpc) is 2.33. The molecule has 4 aliphatic rings. The molecular formula is C17H29NO2. The molecule has 4 bridgehead atoms. The van der Waals surface area contributed by atoms with E-state index in [4.69, 9.17) is 5.11 Å². The van der Waals surface area contributed by atoms with E-state index in [1.54, 1.807) is 0 Å². The van der Waals surface area contributed by atoms with Gasteiger partial charge in [0.15, 0.2) is 0 Å². The van der Waals surface area contributed by atoms with Crippen molar-refractivity contribution in [3.63, 3.8) is 0 Å². The Bertz CT molecular complexity index is 378. The van der Waals surface area contributed by atoms with Crippen molar-refractivity contribution in [2.24, 2.45) is 22.7 Å². The van der Waals surface area contributed by atoms with Gasteiger partial charge in [-0.25, -0.2) is 0 Å². The lowest BCUT2D eigenvalue weighted by molar-refractivity contribution is -0.156. The van der Waals surface area contributed by atoms with Crippen LogP contribution in [0.5, 0.6) is 0 Å². The molecule has 0 radical (unpaired) electrons. The molecule has 20 heavy (non-hydrogen) atoms. The standard InChI is InChI=1S/C17H29NO2/c1-12(4-3-5-19)18-15(20)17-9-13-6-14(10-17)8-16(2,7-13)11-17/h12-14,19H,3-11H2,1-2H3,(H,18,20). The van der Waals surface area contributed by atoms with E-state index in [0.717, 1.165) is 43.9 Å². The summed E-state index contributed by atoms with van der Waals surface area (Å²) in [4.78, 5) is 12.8. The van der Waals surface area contributed by atoms with E-state index < -0.39 is 0 Å². The maximum Gasteiger partial charge on any atom is 0.226 e. The number of carbonyl (C=O) groups is 1. The maximum absolute atomic E-state index is 12.8. The van der Waals surface area contributed by atoms with Gasteiger partial charge in [-0.05, 0) is 75.5 Å². The van der Waals surface area contributed by atoms with Gasteiger partial charge in [0, 0.05) is 12.6 Å². The Morgan fingerprint density at radius 2 is 1.95 bits per heavy atom. The molecule has 3 nitrogen and oxygen atoms in total. The molecule has 4 fully saturated rings. The molecule has 0 saturated heterocycles. The van der Waals surface area contributed by atoms with Gasteiger partial charge in [-0.15, -0.1) is 0 Å². The van der Waals surface area contributed by atoms with Gasteiger partial charge in [0.2, 0.25) is 5.91 Å². The fourth-order valence-electron chi connectivity index (χ4n) is 5.83. The molecule has 4 aliphatic carbocycles. The zero-order chi connectivity index (χ0) is 14.4. The second-order valence-electron chi connectivity index (χ2n) is 8.29. The van der Waals surface area contributed by atoms with Gasteiger partial charge in [0.25, 0.3) is 0 Å². The van der Waals surface area contributed by atoms with Gasteiger partial charge in [0.1, 0.15) is 0 Å². The Labute approximate surface area is 122 Å². The van der Waals surface area contributed by atoms with Crippen LogP contribution in [0.4, 0.5) is 0 Å². The minimum Gasteiger partial charge on any atom is -0.396 e. The normalized spacial score (nSPS) is 43.5. The lowest BCUT2D eigenvalue weighted by Crippen LogP contribution is -2.57. The third-order valence-electron chi connectivity index (χ3n) is 6.01.